The quantitative estimate of drug-likeness (QED) is 0.864. The SMILES string of the molecule is Cc1cc(C)c(N2CCN(C(=O)NC(C)(C)C)CC2)c(C)c1. The number of urea groups is 1. The van der Waals surface area contributed by atoms with Crippen LogP contribution in [0.5, 0.6) is 0 Å². The highest BCUT2D eigenvalue weighted by Gasteiger charge is 2.25. The van der Waals surface area contributed by atoms with Gasteiger partial charge in [0.1, 0.15) is 0 Å². The number of rotatable bonds is 1. The van der Waals surface area contributed by atoms with Crippen LogP contribution in [0.2, 0.25) is 0 Å². The number of carbonyl (C=O) groups excluding carboxylic acids is 1. The highest BCUT2D eigenvalue weighted by Crippen LogP contribution is 2.27. The van der Waals surface area contributed by atoms with Crippen LogP contribution in [0.1, 0.15) is 37.5 Å². The Kier molecular flexibility index (Phi) is 4.69. The first-order chi connectivity index (χ1) is 10.2. The van der Waals surface area contributed by atoms with Crippen molar-refractivity contribution < 1.29 is 4.79 Å². The third-order valence-corrected chi connectivity index (χ3v) is 4.00. The van der Waals surface area contributed by atoms with Crippen LogP contribution in [0.15, 0.2) is 12.1 Å². The van der Waals surface area contributed by atoms with Crippen molar-refractivity contribution in [3.8, 4) is 0 Å². The first-order valence-electron chi connectivity index (χ1n) is 8.07. The van der Waals surface area contributed by atoms with Gasteiger partial charge in [-0.3, -0.25) is 0 Å². The van der Waals surface area contributed by atoms with Gasteiger partial charge in [-0.05, 0) is 52.7 Å². The molecule has 0 bridgehead atoms. The summed E-state index contributed by atoms with van der Waals surface area (Å²) in [5, 5.41) is 3.04. The highest BCUT2D eigenvalue weighted by molar-refractivity contribution is 5.75. The summed E-state index contributed by atoms with van der Waals surface area (Å²) in [6.45, 7) is 15.9. The number of nitrogens with zero attached hydrogens (tertiary/aromatic N) is 2. The molecule has 1 saturated heterocycles. The van der Waals surface area contributed by atoms with Crippen LogP contribution in [0.25, 0.3) is 0 Å². The average Bonchev–Trinajstić information content (AvgIpc) is 2.36. The molecule has 22 heavy (non-hydrogen) atoms. The molecule has 0 unspecified atom stereocenters. The lowest BCUT2D eigenvalue weighted by molar-refractivity contribution is 0.185. The molecule has 4 heteroatoms. The molecular weight excluding hydrogens is 274 g/mol. The van der Waals surface area contributed by atoms with Crippen LogP contribution < -0.4 is 10.2 Å². The third-order valence-electron chi connectivity index (χ3n) is 4.00. The number of carbonyl (C=O) groups is 1. The minimum atomic E-state index is -0.182. The molecule has 0 atom stereocenters. The van der Waals surface area contributed by atoms with Gasteiger partial charge < -0.3 is 15.1 Å². The largest absolute Gasteiger partial charge is 0.368 e. The lowest BCUT2D eigenvalue weighted by Gasteiger charge is -2.38. The number of nitrogens with one attached hydrogen (secondary N) is 1. The summed E-state index contributed by atoms with van der Waals surface area (Å²) in [7, 11) is 0. The van der Waals surface area contributed by atoms with Crippen molar-refractivity contribution in [2.45, 2.75) is 47.1 Å². The predicted octanol–water partition coefficient (Wildman–Crippen LogP) is 3.24. The van der Waals surface area contributed by atoms with Crippen LogP contribution in [-0.2, 0) is 0 Å². The Bertz CT molecular complexity index is 529. The second-order valence-corrected chi connectivity index (χ2v) is 7.40. The van der Waals surface area contributed by atoms with Crippen molar-refractivity contribution in [2.24, 2.45) is 0 Å². The van der Waals surface area contributed by atoms with Crippen molar-refractivity contribution in [1.82, 2.24) is 10.2 Å². The second kappa shape index (κ2) is 6.19. The summed E-state index contributed by atoms with van der Waals surface area (Å²) < 4.78 is 0. The average molecular weight is 303 g/mol. The number of anilines is 1. The van der Waals surface area contributed by atoms with Gasteiger partial charge in [0.25, 0.3) is 0 Å². The molecule has 2 rings (SSSR count). The minimum absolute atomic E-state index is 0.0458. The summed E-state index contributed by atoms with van der Waals surface area (Å²) in [6, 6.07) is 4.52. The van der Waals surface area contributed by atoms with E-state index >= 15 is 0 Å². The van der Waals surface area contributed by atoms with Crippen molar-refractivity contribution in [3.05, 3.63) is 28.8 Å². The first kappa shape index (κ1) is 16.7. The van der Waals surface area contributed by atoms with Crippen molar-refractivity contribution in [2.75, 3.05) is 31.1 Å². The van der Waals surface area contributed by atoms with Gasteiger partial charge in [-0.15, -0.1) is 0 Å². The van der Waals surface area contributed by atoms with E-state index in [0.717, 1.165) is 26.2 Å². The fourth-order valence-electron chi connectivity index (χ4n) is 3.20. The molecular formula is C18H29N3O. The third kappa shape index (κ3) is 3.93. The van der Waals surface area contributed by atoms with Crippen molar-refractivity contribution in [3.63, 3.8) is 0 Å². The lowest BCUT2D eigenvalue weighted by Crippen LogP contribution is -2.55. The number of benzene rings is 1. The molecule has 1 heterocycles. The summed E-state index contributed by atoms with van der Waals surface area (Å²) >= 11 is 0. The van der Waals surface area contributed by atoms with Crippen LogP contribution in [0, 0.1) is 20.8 Å². The van der Waals surface area contributed by atoms with Gasteiger partial charge in [-0.1, -0.05) is 17.7 Å². The molecule has 0 radical (unpaired) electrons. The smallest absolute Gasteiger partial charge is 0.317 e. The molecule has 0 aromatic heterocycles. The fraction of sp³-hybridized carbons (Fsp3) is 0.611. The number of aryl methyl sites for hydroxylation is 3. The molecule has 0 aliphatic carbocycles. The molecule has 122 valence electrons. The number of amides is 2. The fourth-order valence-corrected chi connectivity index (χ4v) is 3.20. The van der Waals surface area contributed by atoms with E-state index in [4.69, 9.17) is 0 Å². The van der Waals surface area contributed by atoms with Gasteiger partial charge in [0.2, 0.25) is 0 Å². The van der Waals surface area contributed by atoms with E-state index in [9.17, 15) is 4.79 Å². The number of hydrogen-bond donors (Lipinski definition) is 1. The van der Waals surface area contributed by atoms with Gasteiger partial charge in [-0.25, -0.2) is 4.79 Å². The second-order valence-electron chi connectivity index (χ2n) is 7.40. The van der Waals surface area contributed by atoms with E-state index in [0.29, 0.717) is 0 Å². The van der Waals surface area contributed by atoms with Gasteiger partial charge in [0, 0.05) is 37.4 Å². The molecule has 1 aromatic rings. The Balaban J connectivity index is 2.02. The van der Waals surface area contributed by atoms with E-state index in [2.05, 4.69) is 43.1 Å². The zero-order valence-corrected chi connectivity index (χ0v) is 14.8. The Morgan fingerprint density at radius 2 is 1.50 bits per heavy atom. The monoisotopic (exact) mass is 303 g/mol. The maximum atomic E-state index is 12.2. The Labute approximate surface area is 134 Å². The molecule has 0 spiro atoms. The van der Waals surface area contributed by atoms with Crippen molar-refractivity contribution in [1.29, 1.82) is 0 Å². The van der Waals surface area contributed by atoms with Crippen LogP contribution in [0.4, 0.5) is 10.5 Å². The zero-order valence-electron chi connectivity index (χ0n) is 14.8. The molecule has 0 saturated carbocycles. The van der Waals surface area contributed by atoms with Gasteiger partial charge >= 0.3 is 6.03 Å². The predicted molar refractivity (Wildman–Crippen MR) is 92.7 cm³/mol. The maximum absolute atomic E-state index is 12.2. The first-order valence-corrected chi connectivity index (χ1v) is 8.07. The van der Waals surface area contributed by atoms with E-state index in [1.807, 2.05) is 25.7 Å². The molecule has 1 N–H and O–H groups in total. The van der Waals surface area contributed by atoms with Crippen LogP contribution in [0.3, 0.4) is 0 Å². The number of hydrogen-bond acceptors (Lipinski definition) is 2. The van der Waals surface area contributed by atoms with Crippen LogP contribution in [-0.4, -0.2) is 42.6 Å². The number of piperazine rings is 1. The van der Waals surface area contributed by atoms with Gasteiger partial charge in [0.15, 0.2) is 0 Å². The molecule has 1 aromatic carbocycles. The highest BCUT2D eigenvalue weighted by atomic mass is 16.2. The van der Waals surface area contributed by atoms with E-state index < -0.39 is 0 Å². The summed E-state index contributed by atoms with van der Waals surface area (Å²) in [5.41, 5.74) is 5.11. The maximum Gasteiger partial charge on any atom is 0.317 e. The summed E-state index contributed by atoms with van der Waals surface area (Å²) in [4.78, 5) is 16.6. The normalized spacial score (nSPS) is 15.9. The molecule has 1 fully saturated rings. The molecule has 1 aliphatic rings. The Hall–Kier alpha value is -1.71. The Morgan fingerprint density at radius 3 is 1.95 bits per heavy atom. The Morgan fingerprint density at radius 1 is 1.00 bits per heavy atom. The van der Waals surface area contributed by atoms with E-state index in [1.165, 1.54) is 22.4 Å². The van der Waals surface area contributed by atoms with Gasteiger partial charge in [-0.2, -0.15) is 0 Å². The lowest BCUT2D eigenvalue weighted by atomic mass is 10.0. The summed E-state index contributed by atoms with van der Waals surface area (Å²) in [6.07, 6.45) is 0. The molecule has 4 nitrogen and oxygen atoms in total. The molecule has 2 amide bonds. The topological polar surface area (TPSA) is 35.6 Å². The zero-order chi connectivity index (χ0) is 16.5. The standard InChI is InChI=1S/C18H29N3O/c1-13-11-14(2)16(15(3)12-13)20-7-9-21(10-8-20)17(22)19-18(4,5)6/h11-12H,7-10H2,1-6H3,(H,19,22). The van der Waals surface area contributed by atoms with E-state index in [-0.39, 0.29) is 11.6 Å². The van der Waals surface area contributed by atoms with Crippen LogP contribution >= 0.6 is 0 Å². The van der Waals surface area contributed by atoms with Crippen molar-refractivity contribution >= 4 is 11.7 Å². The van der Waals surface area contributed by atoms with Gasteiger partial charge in [0.05, 0.1) is 0 Å². The minimum Gasteiger partial charge on any atom is -0.368 e. The summed E-state index contributed by atoms with van der Waals surface area (Å²) in [5.74, 6) is 0. The molecule has 1 aliphatic heterocycles. The van der Waals surface area contributed by atoms with E-state index in [1.54, 1.807) is 0 Å².